The molecule has 5 nitrogen and oxygen atoms in total. The van der Waals surface area contributed by atoms with E-state index in [-0.39, 0.29) is 11.7 Å². The Morgan fingerprint density at radius 1 is 0.906 bits per heavy atom. The molecule has 32 heavy (non-hydrogen) atoms. The summed E-state index contributed by atoms with van der Waals surface area (Å²) >= 11 is 6.16. The van der Waals surface area contributed by atoms with Crippen LogP contribution in [-0.4, -0.2) is 41.9 Å². The predicted molar refractivity (Wildman–Crippen MR) is 129 cm³/mol. The zero-order chi connectivity index (χ0) is 22.2. The monoisotopic (exact) mass is 446 g/mol. The molecule has 2 aliphatic rings. The van der Waals surface area contributed by atoms with Crippen molar-refractivity contribution in [2.45, 2.75) is 32.6 Å². The van der Waals surface area contributed by atoms with Gasteiger partial charge in [-0.2, -0.15) is 0 Å². The average Bonchev–Trinajstić information content (AvgIpc) is 2.79. The molecule has 0 amide bonds. The lowest BCUT2D eigenvalue weighted by Gasteiger charge is -2.36. The van der Waals surface area contributed by atoms with Crippen LogP contribution in [0.4, 0.5) is 11.6 Å². The Labute approximate surface area is 194 Å². The molecule has 0 bridgehead atoms. The van der Waals surface area contributed by atoms with Crippen LogP contribution < -0.4 is 9.80 Å². The first-order valence-corrected chi connectivity index (χ1v) is 11.6. The van der Waals surface area contributed by atoms with Gasteiger partial charge in [-0.1, -0.05) is 47.5 Å². The van der Waals surface area contributed by atoms with Crippen molar-refractivity contribution in [3.63, 3.8) is 0 Å². The fourth-order valence-corrected chi connectivity index (χ4v) is 5.00. The lowest BCUT2D eigenvalue weighted by molar-refractivity contribution is 0.0962. The molecule has 2 aromatic carbocycles. The molecule has 1 unspecified atom stereocenters. The molecule has 6 heteroatoms. The van der Waals surface area contributed by atoms with Crippen molar-refractivity contribution in [3.8, 4) is 0 Å². The Hall–Kier alpha value is -2.92. The zero-order valence-corrected chi connectivity index (χ0v) is 19.3. The average molecular weight is 447 g/mol. The first-order chi connectivity index (χ1) is 15.5. The van der Waals surface area contributed by atoms with E-state index in [9.17, 15) is 4.79 Å². The number of Topliss-reactive ketones (excluding diaryl/α,β-unsaturated/α-hetero) is 1. The van der Waals surface area contributed by atoms with Gasteiger partial charge in [0.2, 0.25) is 5.95 Å². The number of carbonyl (C=O) groups is 1. The first kappa shape index (κ1) is 21.0. The highest BCUT2D eigenvalue weighted by molar-refractivity contribution is 6.30. The lowest BCUT2D eigenvalue weighted by Crippen LogP contribution is -2.47. The molecule has 1 fully saturated rings. The highest BCUT2D eigenvalue weighted by Gasteiger charge is 2.31. The van der Waals surface area contributed by atoms with Gasteiger partial charge in [-0.3, -0.25) is 4.79 Å². The van der Waals surface area contributed by atoms with Crippen LogP contribution in [0.25, 0.3) is 0 Å². The first-order valence-electron chi connectivity index (χ1n) is 11.2. The van der Waals surface area contributed by atoms with E-state index in [0.717, 1.165) is 66.2 Å². The molecule has 0 radical (unpaired) electrons. The molecule has 0 spiro atoms. The third-order valence-corrected chi connectivity index (χ3v) is 6.82. The van der Waals surface area contributed by atoms with E-state index >= 15 is 0 Å². The van der Waals surface area contributed by atoms with Crippen LogP contribution in [0.2, 0.25) is 5.02 Å². The van der Waals surface area contributed by atoms with Crippen LogP contribution in [0.15, 0.2) is 48.5 Å². The van der Waals surface area contributed by atoms with E-state index in [1.165, 1.54) is 11.1 Å². The minimum absolute atomic E-state index is 0.159. The summed E-state index contributed by atoms with van der Waals surface area (Å²) in [6.07, 6.45) is 1.31. The molecule has 0 saturated carbocycles. The maximum Gasteiger partial charge on any atom is 0.225 e. The highest BCUT2D eigenvalue weighted by Crippen LogP contribution is 2.34. The third-order valence-electron chi connectivity index (χ3n) is 6.59. The SMILES string of the molecule is Cc1ccc(C2CC(=O)c3c(C)nc(N4CCN(c5cccc(Cl)c5)CC4)nc3C2)cc1. The predicted octanol–water partition coefficient (Wildman–Crippen LogP) is 4.99. The van der Waals surface area contributed by atoms with Crippen molar-refractivity contribution in [2.24, 2.45) is 0 Å². The number of nitrogens with zero attached hydrogens (tertiary/aromatic N) is 4. The Bertz CT molecular complexity index is 1150. The van der Waals surface area contributed by atoms with Gasteiger partial charge in [-0.05, 0) is 49.9 Å². The fraction of sp³-hybridized carbons (Fsp3) is 0.346. The van der Waals surface area contributed by atoms with Crippen molar-refractivity contribution in [3.05, 3.63) is 81.6 Å². The molecular weight excluding hydrogens is 420 g/mol. The zero-order valence-electron chi connectivity index (χ0n) is 18.5. The number of carbonyl (C=O) groups excluding carboxylic acids is 1. The van der Waals surface area contributed by atoms with Gasteiger partial charge in [0.05, 0.1) is 17.0 Å². The Morgan fingerprint density at radius 2 is 1.62 bits per heavy atom. The van der Waals surface area contributed by atoms with Crippen molar-refractivity contribution in [2.75, 3.05) is 36.0 Å². The molecule has 1 atom stereocenters. The molecule has 1 aliphatic heterocycles. The van der Waals surface area contributed by atoms with E-state index < -0.39 is 0 Å². The second-order valence-corrected chi connectivity index (χ2v) is 9.26. The maximum absolute atomic E-state index is 13.0. The van der Waals surface area contributed by atoms with Gasteiger partial charge in [0.1, 0.15) is 0 Å². The van der Waals surface area contributed by atoms with Gasteiger partial charge < -0.3 is 9.80 Å². The Morgan fingerprint density at radius 3 is 2.34 bits per heavy atom. The number of aryl methyl sites for hydroxylation is 2. The van der Waals surface area contributed by atoms with Gasteiger partial charge in [0.25, 0.3) is 0 Å². The molecule has 2 heterocycles. The molecule has 1 aliphatic carbocycles. The van der Waals surface area contributed by atoms with Crippen LogP contribution in [-0.2, 0) is 6.42 Å². The summed E-state index contributed by atoms with van der Waals surface area (Å²) in [6, 6.07) is 16.5. The molecule has 164 valence electrons. The summed E-state index contributed by atoms with van der Waals surface area (Å²) in [6.45, 7) is 7.45. The summed E-state index contributed by atoms with van der Waals surface area (Å²) in [4.78, 5) is 27.2. The molecule has 5 rings (SSSR count). The normalized spacial score (nSPS) is 18.6. The molecule has 1 aromatic heterocycles. The molecular formula is C26H27ClN4O. The number of fused-ring (bicyclic) bond motifs is 1. The Balaban J connectivity index is 1.36. The number of halogens is 1. The van der Waals surface area contributed by atoms with E-state index in [2.05, 4.69) is 47.1 Å². The second-order valence-electron chi connectivity index (χ2n) is 8.82. The minimum atomic E-state index is 0.159. The second kappa shape index (κ2) is 8.55. The number of benzene rings is 2. The third kappa shape index (κ3) is 4.09. The number of ketones is 1. The largest absolute Gasteiger partial charge is 0.368 e. The van der Waals surface area contributed by atoms with Crippen molar-refractivity contribution >= 4 is 29.0 Å². The van der Waals surface area contributed by atoms with Gasteiger partial charge >= 0.3 is 0 Å². The number of rotatable bonds is 3. The number of aromatic nitrogens is 2. The summed E-state index contributed by atoms with van der Waals surface area (Å²) < 4.78 is 0. The minimum Gasteiger partial charge on any atom is -0.368 e. The number of hydrogen-bond donors (Lipinski definition) is 0. The molecule has 1 saturated heterocycles. The van der Waals surface area contributed by atoms with Gasteiger partial charge in [0.15, 0.2) is 5.78 Å². The van der Waals surface area contributed by atoms with Crippen LogP contribution >= 0.6 is 11.6 Å². The molecule has 0 N–H and O–H groups in total. The van der Waals surface area contributed by atoms with Gasteiger partial charge in [-0.15, -0.1) is 0 Å². The standard InChI is InChI=1S/C26H27ClN4O/c1-17-6-8-19(9-7-17)20-14-23-25(24(32)15-20)18(2)28-26(29-23)31-12-10-30(11-13-31)22-5-3-4-21(27)16-22/h3-9,16,20H,10-15H2,1-2H3. The highest BCUT2D eigenvalue weighted by atomic mass is 35.5. The number of piperazine rings is 1. The summed E-state index contributed by atoms with van der Waals surface area (Å²) in [7, 11) is 0. The summed E-state index contributed by atoms with van der Waals surface area (Å²) in [5, 5.41) is 0.756. The smallest absolute Gasteiger partial charge is 0.225 e. The summed E-state index contributed by atoms with van der Waals surface area (Å²) in [5.41, 5.74) is 6.01. The van der Waals surface area contributed by atoms with Gasteiger partial charge in [0, 0.05) is 43.3 Å². The number of anilines is 2. The van der Waals surface area contributed by atoms with Crippen molar-refractivity contribution in [1.29, 1.82) is 0 Å². The fourth-order valence-electron chi connectivity index (χ4n) is 4.81. The van der Waals surface area contributed by atoms with E-state index in [1.54, 1.807) is 0 Å². The van der Waals surface area contributed by atoms with Crippen LogP contribution in [0.5, 0.6) is 0 Å². The lowest BCUT2D eigenvalue weighted by atomic mass is 9.81. The van der Waals surface area contributed by atoms with Crippen molar-refractivity contribution < 1.29 is 4.79 Å². The Kier molecular flexibility index (Phi) is 5.60. The summed E-state index contributed by atoms with van der Waals surface area (Å²) in [5.74, 6) is 1.08. The van der Waals surface area contributed by atoms with E-state index in [4.69, 9.17) is 21.6 Å². The van der Waals surface area contributed by atoms with Crippen molar-refractivity contribution in [1.82, 2.24) is 9.97 Å². The van der Waals surface area contributed by atoms with Crippen LogP contribution in [0.1, 0.15) is 45.2 Å². The van der Waals surface area contributed by atoms with E-state index in [0.29, 0.717) is 6.42 Å². The maximum atomic E-state index is 13.0. The quantitative estimate of drug-likeness (QED) is 0.567. The molecule has 3 aromatic rings. The van der Waals surface area contributed by atoms with Gasteiger partial charge in [-0.25, -0.2) is 9.97 Å². The van der Waals surface area contributed by atoms with Crippen LogP contribution in [0, 0.1) is 13.8 Å². The van der Waals surface area contributed by atoms with Crippen LogP contribution in [0.3, 0.4) is 0 Å². The number of hydrogen-bond acceptors (Lipinski definition) is 5. The van der Waals surface area contributed by atoms with E-state index in [1.807, 2.05) is 25.1 Å². The topological polar surface area (TPSA) is 49.3 Å².